The highest BCUT2D eigenvalue weighted by atomic mass is 16.2. The molecule has 0 aromatic carbocycles. The average Bonchev–Trinajstić information content (AvgIpc) is 2.64. The van der Waals surface area contributed by atoms with Gasteiger partial charge >= 0.3 is 0 Å². The first-order valence-corrected chi connectivity index (χ1v) is 5.26. The van der Waals surface area contributed by atoms with E-state index in [0.29, 0.717) is 6.04 Å². The number of rotatable bonds is 1. The summed E-state index contributed by atoms with van der Waals surface area (Å²) in [7, 11) is 0. The molecule has 0 unspecified atom stereocenters. The van der Waals surface area contributed by atoms with Crippen LogP contribution < -0.4 is 10.6 Å². The second-order valence-electron chi connectivity index (χ2n) is 4.91. The standard InChI is InChI=1S/C6H13NO.C5H9NO/c1-5(8)7-6(2,3)4;1-4(7)6-5-2-3-5/h1-4H3,(H,7,8);5H,2-3H2,1H3,(H,6,7). The summed E-state index contributed by atoms with van der Waals surface area (Å²) in [6.07, 6.45) is 2.36. The lowest BCUT2D eigenvalue weighted by molar-refractivity contribution is -0.120. The van der Waals surface area contributed by atoms with Gasteiger partial charge in [0, 0.05) is 25.4 Å². The first-order valence-electron chi connectivity index (χ1n) is 5.26. The summed E-state index contributed by atoms with van der Waals surface area (Å²) in [5, 5.41) is 5.52. The second-order valence-corrected chi connectivity index (χ2v) is 4.91. The summed E-state index contributed by atoms with van der Waals surface area (Å²) in [5.74, 6) is 0.125. The van der Waals surface area contributed by atoms with E-state index in [1.165, 1.54) is 19.8 Å². The van der Waals surface area contributed by atoms with Crippen LogP contribution in [0, 0.1) is 0 Å². The quantitative estimate of drug-likeness (QED) is 0.689. The third-order valence-corrected chi connectivity index (χ3v) is 1.54. The van der Waals surface area contributed by atoms with Gasteiger partial charge in [-0.1, -0.05) is 0 Å². The first-order chi connectivity index (χ1) is 6.70. The summed E-state index contributed by atoms with van der Waals surface area (Å²) in [5.41, 5.74) is -0.0775. The zero-order chi connectivity index (χ0) is 12.1. The second kappa shape index (κ2) is 5.73. The van der Waals surface area contributed by atoms with Gasteiger partial charge in [0.05, 0.1) is 0 Å². The number of amides is 2. The largest absolute Gasteiger partial charge is 0.354 e. The number of carbonyl (C=O) groups excluding carboxylic acids is 2. The molecule has 0 spiro atoms. The van der Waals surface area contributed by atoms with Gasteiger partial charge in [0.1, 0.15) is 0 Å². The summed E-state index contributed by atoms with van der Waals surface area (Å²) in [4.78, 5) is 20.5. The Balaban J connectivity index is 0.000000262. The monoisotopic (exact) mass is 214 g/mol. The minimum atomic E-state index is -0.0775. The molecule has 1 aliphatic carbocycles. The minimum Gasteiger partial charge on any atom is -0.354 e. The minimum absolute atomic E-state index is 0.0255. The van der Waals surface area contributed by atoms with Crippen molar-refractivity contribution in [2.24, 2.45) is 0 Å². The van der Waals surface area contributed by atoms with Crippen molar-refractivity contribution in [3.63, 3.8) is 0 Å². The molecule has 0 atom stereocenters. The van der Waals surface area contributed by atoms with Gasteiger partial charge in [0.25, 0.3) is 0 Å². The summed E-state index contributed by atoms with van der Waals surface area (Å²) >= 11 is 0. The van der Waals surface area contributed by atoms with Crippen LogP contribution in [0.2, 0.25) is 0 Å². The van der Waals surface area contributed by atoms with E-state index in [1.54, 1.807) is 6.92 Å². The lowest BCUT2D eigenvalue weighted by atomic mass is 10.1. The van der Waals surface area contributed by atoms with Crippen molar-refractivity contribution >= 4 is 11.8 Å². The van der Waals surface area contributed by atoms with Crippen LogP contribution in [0.5, 0.6) is 0 Å². The van der Waals surface area contributed by atoms with E-state index < -0.39 is 0 Å². The van der Waals surface area contributed by atoms with Crippen molar-refractivity contribution in [1.29, 1.82) is 0 Å². The molecule has 15 heavy (non-hydrogen) atoms. The fourth-order valence-corrected chi connectivity index (χ4v) is 1.04. The molecule has 0 saturated heterocycles. The smallest absolute Gasteiger partial charge is 0.217 e. The maximum atomic E-state index is 10.3. The van der Waals surface area contributed by atoms with E-state index in [4.69, 9.17) is 0 Å². The maximum absolute atomic E-state index is 10.3. The van der Waals surface area contributed by atoms with E-state index in [-0.39, 0.29) is 17.4 Å². The molecule has 0 bridgehead atoms. The first kappa shape index (κ1) is 13.9. The van der Waals surface area contributed by atoms with Crippen LogP contribution in [0.1, 0.15) is 47.5 Å². The molecule has 88 valence electrons. The van der Waals surface area contributed by atoms with E-state index in [1.807, 2.05) is 20.8 Å². The van der Waals surface area contributed by atoms with Crippen molar-refractivity contribution in [2.75, 3.05) is 0 Å². The molecular formula is C11H22N2O2. The third kappa shape index (κ3) is 12.9. The summed E-state index contributed by atoms with van der Waals surface area (Å²) in [6.45, 7) is 8.93. The Kier molecular flexibility index (Phi) is 5.33. The van der Waals surface area contributed by atoms with E-state index in [0.717, 1.165) is 0 Å². The van der Waals surface area contributed by atoms with Crippen molar-refractivity contribution < 1.29 is 9.59 Å². The van der Waals surface area contributed by atoms with Gasteiger partial charge in [-0.15, -0.1) is 0 Å². The van der Waals surface area contributed by atoms with Gasteiger partial charge in [-0.05, 0) is 33.6 Å². The van der Waals surface area contributed by atoms with Crippen LogP contribution in [-0.4, -0.2) is 23.4 Å². The van der Waals surface area contributed by atoms with Crippen LogP contribution >= 0.6 is 0 Å². The fraction of sp³-hybridized carbons (Fsp3) is 0.818. The molecule has 4 heteroatoms. The Hall–Kier alpha value is -1.06. The van der Waals surface area contributed by atoms with Gasteiger partial charge in [-0.2, -0.15) is 0 Å². The molecule has 0 aromatic rings. The number of carbonyl (C=O) groups is 2. The van der Waals surface area contributed by atoms with E-state index in [2.05, 4.69) is 10.6 Å². The molecule has 2 amide bonds. The van der Waals surface area contributed by atoms with Crippen LogP contribution in [0.25, 0.3) is 0 Å². The molecule has 0 heterocycles. The lowest BCUT2D eigenvalue weighted by Gasteiger charge is -2.18. The molecule has 1 fully saturated rings. The van der Waals surface area contributed by atoms with Crippen LogP contribution in [0.3, 0.4) is 0 Å². The predicted molar refractivity (Wildman–Crippen MR) is 60.4 cm³/mol. The number of nitrogens with one attached hydrogen (secondary N) is 2. The van der Waals surface area contributed by atoms with Gasteiger partial charge in [-0.25, -0.2) is 0 Å². The highest BCUT2D eigenvalue weighted by molar-refractivity contribution is 5.73. The van der Waals surface area contributed by atoms with Crippen LogP contribution in [0.15, 0.2) is 0 Å². The van der Waals surface area contributed by atoms with Gasteiger partial charge in [-0.3, -0.25) is 9.59 Å². The molecule has 1 rings (SSSR count). The maximum Gasteiger partial charge on any atom is 0.217 e. The Morgan fingerprint density at radius 1 is 1.07 bits per heavy atom. The number of hydrogen-bond acceptors (Lipinski definition) is 2. The molecule has 1 aliphatic rings. The number of hydrogen-bond donors (Lipinski definition) is 2. The Morgan fingerprint density at radius 2 is 1.53 bits per heavy atom. The molecule has 2 N–H and O–H groups in total. The highest BCUT2D eigenvalue weighted by Gasteiger charge is 2.21. The summed E-state index contributed by atoms with van der Waals surface area (Å²) in [6, 6.07) is 0.525. The van der Waals surface area contributed by atoms with Gasteiger partial charge < -0.3 is 10.6 Å². The normalized spacial score (nSPS) is 14.7. The van der Waals surface area contributed by atoms with E-state index in [9.17, 15) is 9.59 Å². The van der Waals surface area contributed by atoms with Crippen molar-refractivity contribution in [1.82, 2.24) is 10.6 Å². The highest BCUT2D eigenvalue weighted by Crippen LogP contribution is 2.17. The average molecular weight is 214 g/mol. The van der Waals surface area contributed by atoms with Crippen LogP contribution in [-0.2, 0) is 9.59 Å². The Labute approximate surface area is 91.8 Å². The zero-order valence-electron chi connectivity index (χ0n) is 10.3. The topological polar surface area (TPSA) is 58.2 Å². The van der Waals surface area contributed by atoms with Crippen molar-refractivity contribution in [3.05, 3.63) is 0 Å². The third-order valence-electron chi connectivity index (χ3n) is 1.54. The van der Waals surface area contributed by atoms with Gasteiger partial charge in [0.2, 0.25) is 11.8 Å². The molecule has 0 aromatic heterocycles. The molecular weight excluding hydrogens is 192 g/mol. The molecule has 0 aliphatic heterocycles. The molecule has 4 nitrogen and oxygen atoms in total. The SMILES string of the molecule is CC(=O)NC(C)(C)C.CC(=O)NC1CC1. The van der Waals surface area contributed by atoms with Crippen molar-refractivity contribution in [3.8, 4) is 0 Å². The fourth-order valence-electron chi connectivity index (χ4n) is 1.04. The molecule has 0 radical (unpaired) electrons. The van der Waals surface area contributed by atoms with Gasteiger partial charge in [0.15, 0.2) is 0 Å². The van der Waals surface area contributed by atoms with Crippen LogP contribution in [0.4, 0.5) is 0 Å². The Morgan fingerprint density at radius 3 is 1.60 bits per heavy atom. The summed E-state index contributed by atoms with van der Waals surface area (Å²) < 4.78 is 0. The van der Waals surface area contributed by atoms with E-state index >= 15 is 0 Å². The zero-order valence-corrected chi connectivity index (χ0v) is 10.3. The molecule has 1 saturated carbocycles. The Bertz CT molecular complexity index is 227. The van der Waals surface area contributed by atoms with Crippen molar-refractivity contribution in [2.45, 2.75) is 59.0 Å². The lowest BCUT2D eigenvalue weighted by Crippen LogP contribution is -2.38. The predicted octanol–water partition coefficient (Wildman–Crippen LogP) is 1.21.